The molecule has 0 saturated heterocycles. The van der Waals surface area contributed by atoms with Crippen LogP contribution in [0.4, 0.5) is 0 Å². The van der Waals surface area contributed by atoms with E-state index in [9.17, 15) is 0 Å². The third-order valence-electron chi connectivity index (χ3n) is 3.30. The minimum atomic E-state index is 0.455. The van der Waals surface area contributed by atoms with Crippen LogP contribution in [0.3, 0.4) is 0 Å². The van der Waals surface area contributed by atoms with E-state index in [2.05, 4.69) is 44.8 Å². The molecule has 0 amide bonds. The van der Waals surface area contributed by atoms with Crippen LogP contribution < -0.4 is 15.4 Å². The average Bonchev–Trinajstić information content (AvgIpc) is 3.07. The van der Waals surface area contributed by atoms with Gasteiger partial charge in [-0.3, -0.25) is 0 Å². The Labute approximate surface area is 147 Å². The van der Waals surface area contributed by atoms with Crippen LogP contribution in [-0.4, -0.2) is 29.6 Å². The van der Waals surface area contributed by atoms with Gasteiger partial charge < -0.3 is 15.4 Å². The summed E-state index contributed by atoms with van der Waals surface area (Å²) in [6, 6.07) is 5.68. The first-order valence-electron chi connectivity index (χ1n) is 8.08. The molecule has 2 aromatic rings. The third-order valence-corrected chi connectivity index (χ3v) is 4.17. The molecule has 24 heavy (non-hydrogen) atoms. The highest BCUT2D eigenvalue weighted by Gasteiger charge is 2.06. The first kappa shape index (κ1) is 18.2. The molecule has 2 rings (SSSR count). The van der Waals surface area contributed by atoms with E-state index < -0.39 is 0 Å². The highest BCUT2D eigenvalue weighted by atomic mass is 32.1. The number of hydrogen-bond acceptors (Lipinski definition) is 5. The maximum absolute atomic E-state index is 5.14. The second-order valence-corrected chi connectivity index (χ2v) is 6.48. The Morgan fingerprint density at radius 2 is 2.12 bits per heavy atom. The van der Waals surface area contributed by atoms with Crippen LogP contribution in [0.25, 0.3) is 0 Å². The van der Waals surface area contributed by atoms with Crippen molar-refractivity contribution in [1.82, 2.24) is 20.6 Å². The number of guanidine groups is 1. The molecule has 0 spiro atoms. The van der Waals surface area contributed by atoms with Gasteiger partial charge in [0.1, 0.15) is 5.01 Å². The lowest BCUT2D eigenvalue weighted by Gasteiger charge is -2.10. The Hall–Kier alpha value is -2.15. The highest BCUT2D eigenvalue weighted by molar-refractivity contribution is 7.09. The number of hydrogen-bond donors (Lipinski definition) is 2. The predicted molar refractivity (Wildman–Crippen MR) is 98.6 cm³/mol. The molecule has 0 fully saturated rings. The van der Waals surface area contributed by atoms with E-state index in [-0.39, 0.29) is 0 Å². The first-order valence-corrected chi connectivity index (χ1v) is 8.96. The highest BCUT2D eigenvalue weighted by Crippen LogP contribution is 2.17. The number of aliphatic imine (C=N–C) groups is 1. The zero-order chi connectivity index (χ0) is 17.4. The van der Waals surface area contributed by atoms with Crippen LogP contribution in [0.15, 0.2) is 28.6 Å². The minimum absolute atomic E-state index is 0.455. The largest absolute Gasteiger partial charge is 0.481 e. The zero-order valence-electron chi connectivity index (χ0n) is 14.7. The molecule has 0 aliphatic carbocycles. The van der Waals surface area contributed by atoms with Gasteiger partial charge >= 0.3 is 0 Å². The van der Waals surface area contributed by atoms with Gasteiger partial charge in [-0.15, -0.1) is 11.3 Å². The molecule has 0 aliphatic heterocycles. The molecule has 0 atom stereocenters. The summed E-state index contributed by atoms with van der Waals surface area (Å²) in [4.78, 5) is 13.6. The first-order chi connectivity index (χ1) is 11.6. The molecule has 2 N–H and O–H groups in total. The molecule has 130 valence electrons. The van der Waals surface area contributed by atoms with Crippen molar-refractivity contribution in [1.29, 1.82) is 0 Å². The number of pyridine rings is 1. The van der Waals surface area contributed by atoms with Crippen molar-refractivity contribution in [2.24, 2.45) is 4.99 Å². The molecule has 0 radical (unpaired) electrons. The Morgan fingerprint density at radius 1 is 1.29 bits per heavy atom. The summed E-state index contributed by atoms with van der Waals surface area (Å²) in [6.45, 7) is 8.29. The van der Waals surface area contributed by atoms with Crippen molar-refractivity contribution < 1.29 is 4.74 Å². The molecule has 7 heteroatoms. The van der Waals surface area contributed by atoms with E-state index in [1.54, 1.807) is 18.4 Å². The van der Waals surface area contributed by atoms with Gasteiger partial charge in [0.2, 0.25) is 5.88 Å². The number of thiazole rings is 1. The van der Waals surface area contributed by atoms with E-state index in [0.29, 0.717) is 24.9 Å². The van der Waals surface area contributed by atoms with E-state index >= 15 is 0 Å². The van der Waals surface area contributed by atoms with Gasteiger partial charge in [0, 0.05) is 18.0 Å². The summed E-state index contributed by atoms with van der Waals surface area (Å²) in [5.74, 6) is 1.81. The standard InChI is InChI=1S/C17H25N5OS/c1-5-18-17(19-9-13-7-6-8-15(21-13)23-4)20-10-16-22-14(11-24-16)12(2)3/h6-8,11-12H,5,9-10H2,1-4H3,(H2,18,19,20). The van der Waals surface area contributed by atoms with Crippen LogP contribution in [-0.2, 0) is 13.1 Å². The summed E-state index contributed by atoms with van der Waals surface area (Å²) >= 11 is 1.67. The molecule has 0 saturated carbocycles. The lowest BCUT2D eigenvalue weighted by Crippen LogP contribution is -2.36. The normalized spacial score (nSPS) is 11.6. The number of nitrogens with one attached hydrogen (secondary N) is 2. The second kappa shape index (κ2) is 9.22. The number of methoxy groups -OCH3 is 1. The monoisotopic (exact) mass is 347 g/mol. The topological polar surface area (TPSA) is 71.4 Å². The summed E-state index contributed by atoms with van der Waals surface area (Å²) in [6.07, 6.45) is 0. The van der Waals surface area contributed by atoms with E-state index in [4.69, 9.17) is 4.74 Å². The summed E-state index contributed by atoms with van der Waals surface area (Å²) in [5.41, 5.74) is 2.00. The number of nitrogens with zero attached hydrogens (tertiary/aromatic N) is 3. The number of aromatic nitrogens is 2. The second-order valence-electron chi connectivity index (χ2n) is 5.54. The van der Waals surface area contributed by atoms with Gasteiger partial charge in [-0.25, -0.2) is 15.0 Å². The quantitative estimate of drug-likeness (QED) is 0.595. The fourth-order valence-electron chi connectivity index (χ4n) is 1.99. The molecular formula is C17H25N5OS. The van der Waals surface area contributed by atoms with Crippen LogP contribution >= 0.6 is 11.3 Å². The summed E-state index contributed by atoms with van der Waals surface area (Å²) in [7, 11) is 1.61. The van der Waals surface area contributed by atoms with Crippen LogP contribution in [0.2, 0.25) is 0 Å². The van der Waals surface area contributed by atoms with Crippen molar-refractivity contribution >= 4 is 17.3 Å². The molecule has 6 nitrogen and oxygen atoms in total. The van der Waals surface area contributed by atoms with Gasteiger partial charge in [-0.05, 0) is 18.9 Å². The van der Waals surface area contributed by atoms with E-state index in [0.717, 1.165) is 28.9 Å². The maximum atomic E-state index is 5.14. The van der Waals surface area contributed by atoms with Crippen LogP contribution in [0.1, 0.15) is 43.1 Å². The number of rotatable bonds is 7. The molecule has 2 heterocycles. The van der Waals surface area contributed by atoms with Gasteiger partial charge in [-0.2, -0.15) is 0 Å². The Bertz CT molecular complexity index is 669. The summed E-state index contributed by atoms with van der Waals surface area (Å²) < 4.78 is 5.14. The SMILES string of the molecule is CCNC(=NCc1cccc(OC)n1)NCc1nc(C(C)C)cs1. The Kier molecular flexibility index (Phi) is 6.99. The molecular weight excluding hydrogens is 322 g/mol. The number of ether oxygens (including phenoxy) is 1. The fraction of sp³-hybridized carbons (Fsp3) is 0.471. The van der Waals surface area contributed by atoms with Crippen molar-refractivity contribution in [3.8, 4) is 5.88 Å². The summed E-state index contributed by atoms with van der Waals surface area (Å²) in [5, 5.41) is 9.73. The van der Waals surface area contributed by atoms with Gasteiger partial charge in [0.25, 0.3) is 0 Å². The lowest BCUT2D eigenvalue weighted by molar-refractivity contribution is 0.396. The van der Waals surface area contributed by atoms with Gasteiger partial charge in [0.15, 0.2) is 5.96 Å². The minimum Gasteiger partial charge on any atom is -0.481 e. The van der Waals surface area contributed by atoms with Crippen molar-refractivity contribution in [2.75, 3.05) is 13.7 Å². The van der Waals surface area contributed by atoms with Crippen LogP contribution in [0, 0.1) is 0 Å². The Morgan fingerprint density at radius 3 is 2.79 bits per heavy atom. The average molecular weight is 347 g/mol. The maximum Gasteiger partial charge on any atom is 0.213 e. The molecule has 0 aromatic carbocycles. The zero-order valence-corrected chi connectivity index (χ0v) is 15.5. The van der Waals surface area contributed by atoms with E-state index in [1.807, 2.05) is 25.1 Å². The lowest BCUT2D eigenvalue weighted by atomic mass is 10.2. The van der Waals surface area contributed by atoms with Crippen LogP contribution in [0.5, 0.6) is 5.88 Å². The molecule has 2 aromatic heterocycles. The van der Waals surface area contributed by atoms with Gasteiger partial charge in [-0.1, -0.05) is 19.9 Å². The predicted octanol–water partition coefficient (Wildman–Crippen LogP) is 2.93. The third kappa shape index (κ3) is 5.49. The van der Waals surface area contributed by atoms with Crippen molar-refractivity contribution in [2.45, 2.75) is 39.8 Å². The fourth-order valence-corrected chi connectivity index (χ4v) is 2.89. The smallest absolute Gasteiger partial charge is 0.213 e. The molecule has 0 bridgehead atoms. The molecule has 0 unspecified atom stereocenters. The van der Waals surface area contributed by atoms with E-state index in [1.165, 1.54) is 0 Å². The van der Waals surface area contributed by atoms with Crippen molar-refractivity contribution in [3.05, 3.63) is 40.0 Å². The molecule has 0 aliphatic rings. The van der Waals surface area contributed by atoms with Crippen molar-refractivity contribution in [3.63, 3.8) is 0 Å². The Balaban J connectivity index is 1.96. The van der Waals surface area contributed by atoms with Gasteiger partial charge in [0.05, 0.1) is 31.6 Å².